The van der Waals surface area contributed by atoms with Crippen LogP contribution in [0.4, 0.5) is 0 Å². The second kappa shape index (κ2) is 15.1. The summed E-state index contributed by atoms with van der Waals surface area (Å²) in [5.41, 5.74) is 2.51. The van der Waals surface area contributed by atoms with Gasteiger partial charge in [0.1, 0.15) is 46.4 Å². The van der Waals surface area contributed by atoms with Gasteiger partial charge in [-0.05, 0) is 52.0 Å². The molecule has 2 aromatic heterocycles. The molecular weight excluding hydrogens is 710 g/mol. The lowest BCUT2D eigenvalue weighted by atomic mass is 9.80. The maximum Gasteiger partial charge on any atom is 0.341 e. The molecule has 2 aromatic rings. The summed E-state index contributed by atoms with van der Waals surface area (Å²) in [4.78, 5) is 53.8. The number of furan rings is 2. The molecule has 1 saturated heterocycles. The minimum atomic E-state index is -1.44. The average molecular weight is 758 g/mol. The van der Waals surface area contributed by atoms with Gasteiger partial charge in [-0.3, -0.25) is 5.32 Å². The zero-order valence-corrected chi connectivity index (χ0v) is 31.8. The van der Waals surface area contributed by atoms with Crippen LogP contribution in [0.1, 0.15) is 83.3 Å². The summed E-state index contributed by atoms with van der Waals surface area (Å²) < 4.78 is 34.7. The van der Waals surface area contributed by atoms with E-state index in [1.165, 1.54) is 26.4 Å². The molecular formula is C42H47NO12. The van der Waals surface area contributed by atoms with Crippen molar-refractivity contribution in [1.29, 1.82) is 0 Å². The predicted octanol–water partition coefficient (Wildman–Crippen LogP) is 4.71. The van der Waals surface area contributed by atoms with E-state index in [1.54, 1.807) is 39.8 Å². The first-order valence-electron chi connectivity index (χ1n) is 18.0. The summed E-state index contributed by atoms with van der Waals surface area (Å²) in [6, 6.07) is 0.710. The molecule has 0 radical (unpaired) electrons. The lowest BCUT2D eigenvalue weighted by Crippen LogP contribution is -2.54. The molecule has 55 heavy (non-hydrogen) atoms. The van der Waals surface area contributed by atoms with Gasteiger partial charge in [-0.2, -0.15) is 0 Å². The third kappa shape index (κ3) is 7.07. The standard InChI is InChI=1S/C42H47NO12/c1-17(2)21-12-28-24(40(47)51-10)15-32(53-28)34(20(7)8)38-36(25(11-27(21)44)42(49)55-38)43-35-26-16-31(54-41(26)48)33(19(5)6)30-14-23(39(46)50-9)29(52-30)13-22(18(3)4)37(35)45/h11,14-16,21-22,27,31,33-38,43-45H,1,3,5,7,12-13H2,2,4,6,8-10H3/b25-11+/t21-,22-,27-,31-,33+,34+,35+,36-,37-,38+/m1/s1. The fourth-order valence-corrected chi connectivity index (χ4v) is 8.16. The van der Waals surface area contributed by atoms with Gasteiger partial charge in [0.25, 0.3) is 0 Å². The van der Waals surface area contributed by atoms with Crippen molar-refractivity contribution in [2.24, 2.45) is 11.8 Å². The fraction of sp³-hybridized carbons (Fsp3) is 0.429. The molecule has 3 N–H and O–H groups in total. The number of ether oxygens (including phenoxy) is 4. The van der Waals surface area contributed by atoms with Crippen LogP contribution in [0, 0.1) is 11.8 Å². The van der Waals surface area contributed by atoms with Crippen molar-refractivity contribution in [3.05, 3.63) is 118 Å². The summed E-state index contributed by atoms with van der Waals surface area (Å²) in [6.45, 7) is 23.4. The van der Waals surface area contributed by atoms with E-state index in [4.69, 9.17) is 27.8 Å². The zero-order chi connectivity index (χ0) is 40.2. The maximum atomic E-state index is 13.9. The van der Waals surface area contributed by atoms with E-state index in [0.29, 0.717) is 28.1 Å². The number of esters is 4. The van der Waals surface area contributed by atoms with Gasteiger partial charge in [0.15, 0.2) is 0 Å². The van der Waals surface area contributed by atoms with Crippen molar-refractivity contribution < 1.29 is 57.2 Å². The van der Waals surface area contributed by atoms with Crippen molar-refractivity contribution in [3.63, 3.8) is 0 Å². The number of rotatable bonds is 8. The Morgan fingerprint density at radius 1 is 0.709 bits per heavy atom. The van der Waals surface area contributed by atoms with Gasteiger partial charge in [-0.1, -0.05) is 48.6 Å². The highest BCUT2D eigenvalue weighted by Gasteiger charge is 2.51. The second-order valence-electron chi connectivity index (χ2n) is 15.0. The minimum absolute atomic E-state index is 0.0138. The van der Waals surface area contributed by atoms with Crippen molar-refractivity contribution in [2.45, 2.75) is 88.9 Å². The predicted molar refractivity (Wildman–Crippen MR) is 198 cm³/mol. The zero-order valence-electron chi connectivity index (χ0n) is 31.8. The Morgan fingerprint density at radius 2 is 1.20 bits per heavy atom. The first-order valence-corrected chi connectivity index (χ1v) is 18.0. The number of hydrogen-bond acceptors (Lipinski definition) is 13. The molecule has 0 amide bonds. The Balaban J connectivity index is 1.55. The lowest BCUT2D eigenvalue weighted by molar-refractivity contribution is -0.141. The van der Waals surface area contributed by atoms with Crippen LogP contribution in [0.5, 0.6) is 0 Å². The van der Waals surface area contributed by atoms with E-state index in [0.717, 1.165) is 0 Å². The molecule has 0 aliphatic carbocycles. The number of hydrogen-bond donors (Lipinski definition) is 3. The Labute approximate surface area is 319 Å². The van der Waals surface area contributed by atoms with Gasteiger partial charge in [0.05, 0.1) is 61.5 Å². The molecule has 6 rings (SSSR count). The number of carbonyl (C=O) groups is 4. The Morgan fingerprint density at radius 3 is 1.71 bits per heavy atom. The van der Waals surface area contributed by atoms with Crippen LogP contribution in [-0.4, -0.2) is 84.8 Å². The largest absolute Gasteiger partial charge is 0.465 e. The topological polar surface area (TPSA) is 184 Å². The van der Waals surface area contributed by atoms with E-state index in [9.17, 15) is 29.4 Å². The maximum absolute atomic E-state index is 13.9. The van der Waals surface area contributed by atoms with Crippen LogP contribution in [-0.2, 0) is 41.4 Å². The van der Waals surface area contributed by atoms with Crippen molar-refractivity contribution in [2.75, 3.05) is 14.2 Å². The van der Waals surface area contributed by atoms with Crippen LogP contribution in [0.3, 0.4) is 0 Å². The Bertz CT molecular complexity index is 2060. The minimum Gasteiger partial charge on any atom is -0.465 e. The van der Waals surface area contributed by atoms with Gasteiger partial charge < -0.3 is 38.0 Å². The summed E-state index contributed by atoms with van der Waals surface area (Å²) in [5, 5.41) is 27.5. The van der Waals surface area contributed by atoms with E-state index < -0.39 is 84.0 Å². The molecule has 292 valence electrons. The summed E-state index contributed by atoms with van der Waals surface area (Å²) >= 11 is 0. The number of nitrogens with one attached hydrogen (secondary N) is 1. The first kappa shape index (κ1) is 39.5. The summed E-state index contributed by atoms with van der Waals surface area (Å²) in [7, 11) is 2.49. The molecule has 4 aliphatic heterocycles. The Hall–Kier alpha value is -5.24. The van der Waals surface area contributed by atoms with Crippen molar-refractivity contribution in [3.8, 4) is 0 Å². The number of carbonyl (C=O) groups excluding carboxylic acids is 4. The van der Waals surface area contributed by atoms with Crippen LogP contribution in [0.15, 0.2) is 92.9 Å². The third-order valence-corrected chi connectivity index (χ3v) is 11.1. The molecule has 0 unspecified atom stereocenters. The highest BCUT2D eigenvalue weighted by molar-refractivity contribution is 5.95. The quantitative estimate of drug-likeness (QED) is 0.191. The number of aliphatic hydroxyl groups excluding tert-OH is 2. The van der Waals surface area contributed by atoms with Crippen molar-refractivity contribution >= 4 is 23.9 Å². The van der Waals surface area contributed by atoms with Gasteiger partial charge in [-0.25, -0.2) is 19.2 Å². The number of aliphatic hydroxyl groups is 2. The average Bonchev–Trinajstić information content (AvgIpc) is 3.88. The van der Waals surface area contributed by atoms with Gasteiger partial charge in [0.2, 0.25) is 0 Å². The molecule has 0 saturated carbocycles. The second-order valence-corrected chi connectivity index (χ2v) is 15.0. The van der Waals surface area contributed by atoms with Crippen molar-refractivity contribution in [1.82, 2.24) is 5.32 Å². The highest BCUT2D eigenvalue weighted by atomic mass is 16.6. The van der Waals surface area contributed by atoms with E-state index in [2.05, 4.69) is 31.6 Å². The van der Waals surface area contributed by atoms with Crippen LogP contribution < -0.4 is 5.32 Å². The number of methoxy groups -OCH3 is 2. The SMILES string of the molecule is C=C(C)[C@H]1Cc2oc(cc2C(=O)OC)[C@H](C(=C)C)[C@H]2C=C(C(=O)O2)[C@H](N[C@@H]2/C3=C\[C@@H](O)[C@@H](C(=C)C)Cc4oc(cc4C(=O)OC)[C@H](C(=C)C)[C@@H]2OC3=O)[C@@H]1O. The van der Waals surface area contributed by atoms with Crippen LogP contribution in [0.25, 0.3) is 0 Å². The highest BCUT2D eigenvalue weighted by Crippen LogP contribution is 2.43. The summed E-state index contributed by atoms with van der Waals surface area (Å²) in [6.07, 6.45) is -1.81. The smallest absolute Gasteiger partial charge is 0.341 e. The monoisotopic (exact) mass is 757 g/mol. The number of fused-ring (bicyclic) bond motifs is 7. The fourth-order valence-electron chi connectivity index (χ4n) is 8.16. The van der Waals surface area contributed by atoms with Gasteiger partial charge in [0, 0.05) is 24.7 Å². The first-order chi connectivity index (χ1) is 26.0. The van der Waals surface area contributed by atoms with E-state index in [-0.39, 0.29) is 52.4 Å². The molecule has 8 bridgehead atoms. The molecule has 13 nitrogen and oxygen atoms in total. The molecule has 4 aliphatic rings. The van der Waals surface area contributed by atoms with Crippen LogP contribution in [0.2, 0.25) is 0 Å². The Kier molecular flexibility index (Phi) is 10.8. The summed E-state index contributed by atoms with van der Waals surface area (Å²) in [5.74, 6) is -4.87. The lowest BCUT2D eigenvalue weighted by Gasteiger charge is -2.35. The van der Waals surface area contributed by atoms with E-state index in [1.807, 2.05) is 0 Å². The van der Waals surface area contributed by atoms with Gasteiger partial charge in [-0.15, -0.1) is 0 Å². The molecule has 10 atom stereocenters. The van der Waals surface area contributed by atoms with Gasteiger partial charge >= 0.3 is 23.9 Å². The van der Waals surface area contributed by atoms with E-state index >= 15 is 0 Å². The molecule has 6 heterocycles. The molecule has 0 aromatic carbocycles. The molecule has 13 heteroatoms. The molecule has 1 fully saturated rings. The van der Waals surface area contributed by atoms with Crippen LogP contribution >= 0.6 is 0 Å². The normalized spacial score (nSPS) is 31.0. The molecule has 0 spiro atoms. The third-order valence-electron chi connectivity index (χ3n) is 11.1.